The number of likely N-dealkylation sites (tertiary alicyclic amines) is 1. The Hall–Kier alpha value is -2.01. The van der Waals surface area contributed by atoms with Crippen LogP contribution in [-0.2, 0) is 0 Å². The Bertz CT molecular complexity index is 687. The summed E-state index contributed by atoms with van der Waals surface area (Å²) in [5, 5.41) is 10.3. The summed E-state index contributed by atoms with van der Waals surface area (Å²) >= 11 is 0. The standard InChI is InChI=1S/C15H15FN2O2/c1-9-13(15(20)18-5-4-12(19)8-18)6-10-2-3-11(16)7-14(10)17-9/h2-3,6-7,12,19H,4-5,8H2,1H3/t12-/m0/s1. The molecule has 0 bridgehead atoms. The quantitative estimate of drug-likeness (QED) is 0.864. The molecule has 1 aromatic carbocycles. The topological polar surface area (TPSA) is 53.4 Å². The van der Waals surface area contributed by atoms with Crippen molar-refractivity contribution in [2.75, 3.05) is 13.1 Å². The average molecular weight is 274 g/mol. The van der Waals surface area contributed by atoms with Gasteiger partial charge in [-0.15, -0.1) is 0 Å². The number of pyridine rings is 1. The fourth-order valence-corrected chi connectivity index (χ4v) is 2.55. The minimum absolute atomic E-state index is 0.127. The Balaban J connectivity index is 2.01. The highest BCUT2D eigenvalue weighted by Gasteiger charge is 2.26. The molecule has 1 atom stereocenters. The zero-order valence-corrected chi connectivity index (χ0v) is 11.1. The van der Waals surface area contributed by atoms with E-state index in [-0.39, 0.29) is 11.7 Å². The number of hydrogen-bond donors (Lipinski definition) is 1. The summed E-state index contributed by atoms with van der Waals surface area (Å²) in [7, 11) is 0. The van der Waals surface area contributed by atoms with Crippen LogP contribution < -0.4 is 0 Å². The van der Waals surface area contributed by atoms with E-state index < -0.39 is 6.10 Å². The second-order valence-corrected chi connectivity index (χ2v) is 5.15. The van der Waals surface area contributed by atoms with Crippen LogP contribution in [0.3, 0.4) is 0 Å². The van der Waals surface area contributed by atoms with Crippen LogP contribution in [0.5, 0.6) is 0 Å². The fraction of sp³-hybridized carbons (Fsp3) is 0.333. The molecule has 4 nitrogen and oxygen atoms in total. The molecule has 1 fully saturated rings. The first kappa shape index (κ1) is 13.0. The number of nitrogens with zero attached hydrogens (tertiary/aromatic N) is 2. The zero-order chi connectivity index (χ0) is 14.3. The lowest BCUT2D eigenvalue weighted by atomic mass is 10.1. The predicted molar refractivity (Wildman–Crippen MR) is 73.0 cm³/mol. The van der Waals surface area contributed by atoms with Crippen molar-refractivity contribution in [1.82, 2.24) is 9.88 Å². The van der Waals surface area contributed by atoms with Crippen molar-refractivity contribution in [2.24, 2.45) is 0 Å². The van der Waals surface area contributed by atoms with E-state index in [1.54, 1.807) is 24.0 Å². The van der Waals surface area contributed by atoms with Crippen LogP contribution in [-0.4, -0.2) is 40.1 Å². The molecule has 5 heteroatoms. The molecular weight excluding hydrogens is 259 g/mol. The normalized spacial score (nSPS) is 18.8. The molecule has 1 saturated heterocycles. The maximum absolute atomic E-state index is 13.2. The average Bonchev–Trinajstić information content (AvgIpc) is 2.84. The van der Waals surface area contributed by atoms with Crippen LogP contribution in [0.4, 0.5) is 4.39 Å². The van der Waals surface area contributed by atoms with Crippen LogP contribution in [0.25, 0.3) is 10.9 Å². The molecule has 20 heavy (non-hydrogen) atoms. The van der Waals surface area contributed by atoms with Crippen LogP contribution in [0.1, 0.15) is 22.5 Å². The van der Waals surface area contributed by atoms with Gasteiger partial charge in [0.1, 0.15) is 5.82 Å². The number of β-amino-alcohol motifs (C(OH)–C–C–N with tert-alkyl or cyclic N) is 1. The summed E-state index contributed by atoms with van der Waals surface area (Å²) in [6.07, 6.45) is 0.165. The number of benzene rings is 1. The first-order valence-electron chi connectivity index (χ1n) is 6.59. The van der Waals surface area contributed by atoms with Crippen molar-refractivity contribution in [3.8, 4) is 0 Å². The Morgan fingerprint density at radius 2 is 2.25 bits per heavy atom. The van der Waals surface area contributed by atoms with Crippen molar-refractivity contribution in [3.05, 3.63) is 41.3 Å². The SMILES string of the molecule is Cc1nc2cc(F)ccc2cc1C(=O)N1CC[C@H](O)C1. The third kappa shape index (κ3) is 2.25. The lowest BCUT2D eigenvalue weighted by molar-refractivity contribution is 0.0764. The number of aryl methyl sites for hydroxylation is 1. The smallest absolute Gasteiger partial charge is 0.255 e. The van der Waals surface area contributed by atoms with Crippen LogP contribution in [0, 0.1) is 12.7 Å². The van der Waals surface area contributed by atoms with Gasteiger partial charge in [-0.2, -0.15) is 0 Å². The third-order valence-electron chi connectivity index (χ3n) is 3.65. The molecule has 1 amide bonds. The number of carbonyl (C=O) groups excluding carboxylic acids is 1. The van der Waals surface area contributed by atoms with Crippen molar-refractivity contribution < 1.29 is 14.3 Å². The second-order valence-electron chi connectivity index (χ2n) is 5.15. The molecule has 3 rings (SSSR count). The predicted octanol–water partition coefficient (Wildman–Crippen LogP) is 1.89. The lowest BCUT2D eigenvalue weighted by Crippen LogP contribution is -2.30. The zero-order valence-electron chi connectivity index (χ0n) is 11.1. The van der Waals surface area contributed by atoms with E-state index in [1.807, 2.05) is 0 Å². The molecule has 0 saturated carbocycles. The van der Waals surface area contributed by atoms with Crippen LogP contribution in [0.2, 0.25) is 0 Å². The van der Waals surface area contributed by atoms with Gasteiger partial charge in [-0.3, -0.25) is 9.78 Å². The summed E-state index contributed by atoms with van der Waals surface area (Å²) in [6, 6.07) is 6.07. The summed E-state index contributed by atoms with van der Waals surface area (Å²) in [6.45, 7) is 2.66. The Morgan fingerprint density at radius 3 is 2.95 bits per heavy atom. The number of hydrogen-bond acceptors (Lipinski definition) is 3. The molecular formula is C15H15FN2O2. The molecule has 1 aliphatic rings. The van der Waals surface area contributed by atoms with Crippen LogP contribution in [0.15, 0.2) is 24.3 Å². The number of carbonyl (C=O) groups is 1. The van der Waals surface area contributed by atoms with Gasteiger partial charge in [0.05, 0.1) is 22.9 Å². The Labute approximate surface area is 115 Å². The van der Waals surface area contributed by atoms with Crippen LogP contribution >= 0.6 is 0 Å². The Kier molecular flexibility index (Phi) is 3.14. The minimum Gasteiger partial charge on any atom is -0.391 e. The van der Waals surface area contributed by atoms with Gasteiger partial charge in [0, 0.05) is 24.5 Å². The van der Waals surface area contributed by atoms with E-state index in [4.69, 9.17) is 0 Å². The van der Waals surface area contributed by atoms with E-state index in [2.05, 4.69) is 4.98 Å². The van der Waals surface area contributed by atoms with Gasteiger partial charge >= 0.3 is 0 Å². The third-order valence-corrected chi connectivity index (χ3v) is 3.65. The van der Waals surface area contributed by atoms with Gasteiger partial charge in [-0.1, -0.05) is 0 Å². The Morgan fingerprint density at radius 1 is 1.45 bits per heavy atom. The van der Waals surface area contributed by atoms with Crippen molar-refractivity contribution in [1.29, 1.82) is 0 Å². The highest BCUT2D eigenvalue weighted by Crippen LogP contribution is 2.21. The first-order valence-corrected chi connectivity index (χ1v) is 6.59. The number of amides is 1. The summed E-state index contributed by atoms with van der Waals surface area (Å²) in [5.74, 6) is -0.469. The maximum Gasteiger partial charge on any atom is 0.255 e. The molecule has 0 unspecified atom stereocenters. The molecule has 1 N–H and O–H groups in total. The molecule has 104 valence electrons. The van der Waals surface area contributed by atoms with Gasteiger partial charge < -0.3 is 10.0 Å². The fourth-order valence-electron chi connectivity index (χ4n) is 2.55. The van der Waals surface area contributed by atoms with Gasteiger partial charge in [0.2, 0.25) is 0 Å². The molecule has 0 spiro atoms. The van der Waals surface area contributed by atoms with Gasteiger partial charge in [0.25, 0.3) is 5.91 Å². The summed E-state index contributed by atoms with van der Waals surface area (Å²) in [5.41, 5.74) is 1.63. The first-order chi connectivity index (χ1) is 9.54. The van der Waals surface area contributed by atoms with Gasteiger partial charge in [0.15, 0.2) is 0 Å². The number of fused-ring (bicyclic) bond motifs is 1. The lowest BCUT2D eigenvalue weighted by Gasteiger charge is -2.17. The number of aliphatic hydroxyl groups is 1. The number of aliphatic hydroxyl groups excluding tert-OH is 1. The van der Waals surface area contributed by atoms with E-state index in [0.29, 0.717) is 36.3 Å². The number of halogens is 1. The molecule has 1 aliphatic heterocycles. The monoisotopic (exact) mass is 274 g/mol. The minimum atomic E-state index is -0.443. The second kappa shape index (κ2) is 4.83. The summed E-state index contributed by atoms with van der Waals surface area (Å²) < 4.78 is 13.2. The van der Waals surface area contributed by atoms with Gasteiger partial charge in [-0.05, 0) is 31.5 Å². The van der Waals surface area contributed by atoms with Crippen molar-refractivity contribution >= 4 is 16.8 Å². The number of rotatable bonds is 1. The van der Waals surface area contributed by atoms with E-state index in [0.717, 1.165) is 5.39 Å². The van der Waals surface area contributed by atoms with E-state index >= 15 is 0 Å². The van der Waals surface area contributed by atoms with Crippen molar-refractivity contribution in [3.63, 3.8) is 0 Å². The highest BCUT2D eigenvalue weighted by atomic mass is 19.1. The molecule has 2 aromatic rings. The molecule has 0 radical (unpaired) electrons. The maximum atomic E-state index is 13.2. The van der Waals surface area contributed by atoms with E-state index in [1.165, 1.54) is 12.1 Å². The molecule has 1 aromatic heterocycles. The van der Waals surface area contributed by atoms with Gasteiger partial charge in [-0.25, -0.2) is 4.39 Å². The van der Waals surface area contributed by atoms with Crippen molar-refractivity contribution in [2.45, 2.75) is 19.4 Å². The highest BCUT2D eigenvalue weighted by molar-refractivity contribution is 5.98. The molecule has 0 aliphatic carbocycles. The molecule has 2 heterocycles. The summed E-state index contributed by atoms with van der Waals surface area (Å²) in [4.78, 5) is 18.4. The largest absolute Gasteiger partial charge is 0.391 e. The van der Waals surface area contributed by atoms with E-state index in [9.17, 15) is 14.3 Å². The number of aromatic nitrogens is 1.